The summed E-state index contributed by atoms with van der Waals surface area (Å²) in [5.41, 5.74) is 17.3. The van der Waals surface area contributed by atoms with Crippen LogP contribution in [0.3, 0.4) is 0 Å². The molecule has 0 amide bonds. The summed E-state index contributed by atoms with van der Waals surface area (Å²) in [6, 6.07) is 41.2. The molecule has 5 heteroatoms. The van der Waals surface area contributed by atoms with Gasteiger partial charge in [-0.2, -0.15) is 0 Å². The molecule has 0 radical (unpaired) electrons. The Morgan fingerprint density at radius 1 is 0.593 bits per heavy atom. The fourth-order valence-corrected chi connectivity index (χ4v) is 19.3. The summed E-state index contributed by atoms with van der Waals surface area (Å²) in [6.45, 7) is 10.7. The average molecular weight is 718 g/mol. The standard InChI is InChI=1S/C49H48BN3Si/c1-46-22-10-11-23-47(46,2)52(36-17-9-8-16-35(36)46)34-26-39-43-40(27-34)53(48-28-31-24-30-25-32(29-48)49(30,31)48)38-19-13-21-42-45(38)50(43)44-37(18-12-20-41(44)54(42,3)4)51(39)33-14-6-5-7-15-33/h5-9,12-21,26-27,30-32H,10-11,22-25,28-29H2,1-4H3. The van der Waals surface area contributed by atoms with Crippen LogP contribution in [0, 0.1) is 23.2 Å². The van der Waals surface area contributed by atoms with Gasteiger partial charge in [-0.25, -0.2) is 0 Å². The van der Waals surface area contributed by atoms with Gasteiger partial charge in [0.1, 0.15) is 8.07 Å². The molecule has 5 aliphatic carbocycles. The molecular weight excluding hydrogens is 669 g/mol. The quantitative estimate of drug-likeness (QED) is 0.170. The lowest BCUT2D eigenvalue weighted by molar-refractivity contribution is -0.385. The first kappa shape index (κ1) is 30.1. The minimum absolute atomic E-state index is 0.00535. The summed E-state index contributed by atoms with van der Waals surface area (Å²) in [7, 11) is -2.02. The van der Waals surface area contributed by atoms with Crippen molar-refractivity contribution in [3.8, 4) is 0 Å². The van der Waals surface area contributed by atoms with E-state index in [9.17, 15) is 0 Å². The van der Waals surface area contributed by atoms with Gasteiger partial charge >= 0.3 is 0 Å². The predicted octanol–water partition coefficient (Wildman–Crippen LogP) is 8.50. The third kappa shape index (κ3) is 2.84. The van der Waals surface area contributed by atoms with Gasteiger partial charge < -0.3 is 14.7 Å². The van der Waals surface area contributed by atoms with E-state index in [1.165, 1.54) is 85.5 Å². The van der Waals surface area contributed by atoms with Crippen LogP contribution in [0.4, 0.5) is 39.8 Å². The van der Waals surface area contributed by atoms with Crippen molar-refractivity contribution in [1.82, 2.24) is 0 Å². The topological polar surface area (TPSA) is 9.72 Å². The van der Waals surface area contributed by atoms with Crippen LogP contribution >= 0.6 is 0 Å². The van der Waals surface area contributed by atoms with Crippen LogP contribution in [0.1, 0.15) is 70.8 Å². The zero-order valence-electron chi connectivity index (χ0n) is 32.1. The Morgan fingerprint density at radius 2 is 1.24 bits per heavy atom. The largest absolute Gasteiger partial charge is 0.335 e. The van der Waals surface area contributed by atoms with Crippen molar-refractivity contribution < 1.29 is 0 Å². The third-order valence-electron chi connectivity index (χ3n) is 18.3. The number of para-hydroxylation sites is 2. The van der Waals surface area contributed by atoms with Crippen LogP contribution < -0.4 is 41.5 Å². The van der Waals surface area contributed by atoms with Crippen molar-refractivity contribution >= 4 is 81.4 Å². The predicted molar refractivity (Wildman–Crippen MR) is 228 cm³/mol. The minimum atomic E-state index is -2.02. The maximum absolute atomic E-state index is 3.07. The van der Waals surface area contributed by atoms with Crippen molar-refractivity contribution in [3.05, 3.63) is 109 Å². The van der Waals surface area contributed by atoms with Gasteiger partial charge in [-0.15, -0.1) is 0 Å². The van der Waals surface area contributed by atoms with Crippen LogP contribution in [0.2, 0.25) is 13.1 Å². The molecule has 3 nitrogen and oxygen atoms in total. The smallest absolute Gasteiger partial charge is 0.251 e. The van der Waals surface area contributed by atoms with Crippen LogP contribution in [0.5, 0.6) is 0 Å². The zero-order chi connectivity index (χ0) is 35.7. The molecule has 1 spiro atoms. The van der Waals surface area contributed by atoms with Crippen LogP contribution in [-0.4, -0.2) is 25.9 Å². The lowest BCUT2D eigenvalue weighted by Crippen LogP contribution is -2.93. The fourth-order valence-electron chi connectivity index (χ4n) is 16.1. The van der Waals surface area contributed by atoms with Crippen molar-refractivity contribution in [2.75, 3.05) is 14.7 Å². The fraction of sp³-hybridized carbons (Fsp3) is 0.388. The summed E-state index contributed by atoms with van der Waals surface area (Å²) >= 11 is 0. The molecule has 5 aromatic rings. The molecule has 4 atom stereocenters. The van der Waals surface area contributed by atoms with E-state index in [0.717, 1.165) is 17.8 Å². The van der Waals surface area contributed by atoms with Crippen molar-refractivity contribution in [1.29, 1.82) is 0 Å². The molecule has 9 aliphatic rings. The summed E-state index contributed by atoms with van der Waals surface area (Å²) in [5.74, 6) is 2.83. The van der Waals surface area contributed by atoms with E-state index >= 15 is 0 Å². The normalized spacial score (nSPS) is 35.3. The first-order valence-corrected chi connectivity index (χ1v) is 24.2. The molecule has 0 saturated heterocycles. The van der Waals surface area contributed by atoms with E-state index in [1.807, 2.05) is 0 Å². The van der Waals surface area contributed by atoms with E-state index in [-0.39, 0.29) is 23.2 Å². The number of anilines is 7. The molecule has 0 bridgehead atoms. The highest BCUT2D eigenvalue weighted by Crippen LogP contribution is 2.91. The maximum Gasteiger partial charge on any atom is 0.251 e. The van der Waals surface area contributed by atoms with Gasteiger partial charge in [0, 0.05) is 50.6 Å². The van der Waals surface area contributed by atoms with Gasteiger partial charge in [0.25, 0.3) is 6.71 Å². The molecule has 54 heavy (non-hydrogen) atoms. The van der Waals surface area contributed by atoms with E-state index in [1.54, 1.807) is 38.0 Å². The molecule has 5 fully saturated rings. The highest BCUT2D eigenvalue weighted by atomic mass is 28.3. The first-order chi connectivity index (χ1) is 26.2. The highest BCUT2D eigenvalue weighted by molar-refractivity contribution is 7.16. The molecule has 5 saturated carbocycles. The molecule has 0 N–H and O–H groups in total. The monoisotopic (exact) mass is 717 g/mol. The van der Waals surface area contributed by atoms with E-state index in [2.05, 4.69) is 145 Å². The second kappa shape index (κ2) is 9.07. The Bertz CT molecular complexity index is 2540. The van der Waals surface area contributed by atoms with Crippen molar-refractivity contribution in [2.45, 2.75) is 94.8 Å². The molecular formula is C49H48BN3Si. The lowest BCUT2D eigenvalue weighted by atomic mass is 9.15. The Labute approximate surface area is 321 Å². The van der Waals surface area contributed by atoms with Gasteiger partial charge in [-0.05, 0) is 128 Å². The van der Waals surface area contributed by atoms with E-state index < -0.39 is 8.07 Å². The Hall–Kier alpha value is -4.22. The second-order valence-electron chi connectivity index (χ2n) is 20.0. The molecule has 4 aliphatic heterocycles. The summed E-state index contributed by atoms with van der Waals surface area (Å²) < 4.78 is 0. The third-order valence-corrected chi connectivity index (χ3v) is 21.9. The van der Waals surface area contributed by atoms with Gasteiger partial charge in [0.2, 0.25) is 0 Å². The molecule has 14 rings (SSSR count). The number of benzene rings is 5. The Kier molecular flexibility index (Phi) is 5.05. The molecule has 0 aromatic heterocycles. The molecule has 5 aromatic carbocycles. The van der Waals surface area contributed by atoms with Crippen LogP contribution in [0.25, 0.3) is 0 Å². The number of hydrogen-bond acceptors (Lipinski definition) is 3. The minimum Gasteiger partial charge on any atom is -0.335 e. The number of hydrogen-bond donors (Lipinski definition) is 0. The zero-order valence-corrected chi connectivity index (χ0v) is 33.1. The maximum atomic E-state index is 3.07. The summed E-state index contributed by atoms with van der Waals surface area (Å²) in [5, 5.41) is 3.30. The van der Waals surface area contributed by atoms with Crippen molar-refractivity contribution in [2.24, 2.45) is 23.2 Å². The SMILES string of the molecule is CC12CCCCC1(C)N(c1cc3c4c(c1)N(C15CC6CC7CC(C1)C765)c1cccc5c1B4c1c(cccc1[Si]5(C)C)N3c1ccccc1)c1ccccc12. The molecule has 266 valence electrons. The van der Waals surface area contributed by atoms with Gasteiger partial charge in [-0.3, -0.25) is 0 Å². The Morgan fingerprint density at radius 3 is 1.98 bits per heavy atom. The van der Waals surface area contributed by atoms with Gasteiger partial charge in [0.05, 0.1) is 11.1 Å². The van der Waals surface area contributed by atoms with Crippen LogP contribution in [0.15, 0.2) is 103 Å². The van der Waals surface area contributed by atoms with Crippen LogP contribution in [-0.2, 0) is 5.41 Å². The highest BCUT2D eigenvalue weighted by Gasteiger charge is 2.89. The number of fused-ring (bicyclic) bond motifs is 3. The van der Waals surface area contributed by atoms with E-state index in [4.69, 9.17) is 0 Å². The summed E-state index contributed by atoms with van der Waals surface area (Å²) in [4.78, 5) is 8.62. The average Bonchev–Trinajstić information content (AvgIpc) is 3.36. The van der Waals surface area contributed by atoms with E-state index in [0.29, 0.717) is 5.41 Å². The van der Waals surface area contributed by atoms with Crippen molar-refractivity contribution in [3.63, 3.8) is 0 Å². The molecule has 4 heterocycles. The van der Waals surface area contributed by atoms with Gasteiger partial charge in [0.15, 0.2) is 0 Å². The molecule has 4 unspecified atom stereocenters. The summed E-state index contributed by atoms with van der Waals surface area (Å²) in [6.07, 6.45) is 10.8. The first-order valence-electron chi connectivity index (χ1n) is 21.2. The van der Waals surface area contributed by atoms with Gasteiger partial charge in [-0.1, -0.05) is 104 Å². The number of nitrogens with zero attached hydrogens (tertiary/aromatic N) is 3. The second-order valence-corrected chi connectivity index (χ2v) is 24.4. The lowest BCUT2D eigenvalue weighted by Gasteiger charge is -2.92. The number of rotatable bonds is 3. The Balaban J connectivity index is 1.12.